The van der Waals surface area contributed by atoms with E-state index in [2.05, 4.69) is 10.4 Å². The first-order valence-corrected chi connectivity index (χ1v) is 5.64. The van der Waals surface area contributed by atoms with Crippen molar-refractivity contribution in [3.63, 3.8) is 0 Å². The van der Waals surface area contributed by atoms with Crippen molar-refractivity contribution in [1.29, 1.82) is 0 Å². The van der Waals surface area contributed by atoms with Crippen LogP contribution >= 0.6 is 0 Å². The summed E-state index contributed by atoms with van der Waals surface area (Å²) in [4.78, 5) is 11.8. The van der Waals surface area contributed by atoms with Gasteiger partial charge in [0.15, 0.2) is 0 Å². The SMILES string of the molecule is Nc1cnn(CCNC(=O)c2ccc(O)cc2O)c1. The van der Waals surface area contributed by atoms with E-state index in [1.807, 2.05) is 0 Å². The molecule has 0 aliphatic heterocycles. The molecule has 2 rings (SSSR count). The Morgan fingerprint density at radius 1 is 1.42 bits per heavy atom. The van der Waals surface area contributed by atoms with Crippen LogP contribution in [0.25, 0.3) is 0 Å². The second-order valence-electron chi connectivity index (χ2n) is 3.99. The van der Waals surface area contributed by atoms with Crippen LogP contribution < -0.4 is 11.1 Å². The van der Waals surface area contributed by atoms with Crippen molar-refractivity contribution in [2.45, 2.75) is 6.54 Å². The van der Waals surface area contributed by atoms with E-state index < -0.39 is 5.91 Å². The summed E-state index contributed by atoms with van der Waals surface area (Å²) < 4.78 is 1.60. The lowest BCUT2D eigenvalue weighted by Crippen LogP contribution is -2.27. The van der Waals surface area contributed by atoms with Crippen molar-refractivity contribution in [3.8, 4) is 11.5 Å². The zero-order valence-corrected chi connectivity index (χ0v) is 10.1. The molecule has 5 N–H and O–H groups in total. The highest BCUT2D eigenvalue weighted by molar-refractivity contribution is 5.96. The van der Waals surface area contributed by atoms with Crippen LogP contribution in [-0.2, 0) is 6.54 Å². The van der Waals surface area contributed by atoms with Crippen LogP contribution in [0.15, 0.2) is 30.6 Å². The van der Waals surface area contributed by atoms with Gasteiger partial charge in [0.25, 0.3) is 5.91 Å². The molecule has 7 heteroatoms. The minimum atomic E-state index is -0.419. The first kappa shape index (κ1) is 12.7. The van der Waals surface area contributed by atoms with Crippen LogP contribution in [0.1, 0.15) is 10.4 Å². The molecular formula is C12H14N4O3. The average molecular weight is 262 g/mol. The highest BCUT2D eigenvalue weighted by atomic mass is 16.3. The highest BCUT2D eigenvalue weighted by Crippen LogP contribution is 2.22. The summed E-state index contributed by atoms with van der Waals surface area (Å²) in [5.41, 5.74) is 6.17. The summed E-state index contributed by atoms with van der Waals surface area (Å²) in [6, 6.07) is 3.80. The largest absolute Gasteiger partial charge is 0.508 e. The van der Waals surface area contributed by atoms with E-state index in [1.54, 1.807) is 10.9 Å². The third-order valence-corrected chi connectivity index (χ3v) is 2.51. The molecule has 100 valence electrons. The van der Waals surface area contributed by atoms with Crippen molar-refractivity contribution < 1.29 is 15.0 Å². The Bertz CT molecular complexity index is 594. The lowest BCUT2D eigenvalue weighted by atomic mass is 10.2. The summed E-state index contributed by atoms with van der Waals surface area (Å²) >= 11 is 0. The zero-order valence-electron chi connectivity index (χ0n) is 10.1. The predicted octanol–water partition coefficient (Wildman–Crippen LogP) is 0.306. The van der Waals surface area contributed by atoms with Gasteiger partial charge >= 0.3 is 0 Å². The zero-order chi connectivity index (χ0) is 13.8. The number of nitrogens with two attached hydrogens (primary N) is 1. The van der Waals surface area contributed by atoms with Crippen LogP contribution in [0.2, 0.25) is 0 Å². The molecule has 1 aromatic carbocycles. The third-order valence-electron chi connectivity index (χ3n) is 2.51. The molecular weight excluding hydrogens is 248 g/mol. The number of carbonyl (C=O) groups excluding carboxylic acids is 1. The molecule has 0 aliphatic rings. The normalized spacial score (nSPS) is 10.3. The molecule has 1 amide bonds. The first-order valence-electron chi connectivity index (χ1n) is 5.64. The maximum atomic E-state index is 11.8. The molecule has 0 saturated carbocycles. The number of nitrogens with one attached hydrogen (secondary N) is 1. The van der Waals surface area contributed by atoms with E-state index in [9.17, 15) is 9.90 Å². The van der Waals surface area contributed by atoms with E-state index in [1.165, 1.54) is 18.3 Å². The Morgan fingerprint density at radius 2 is 2.21 bits per heavy atom. The molecule has 1 aromatic heterocycles. The highest BCUT2D eigenvalue weighted by Gasteiger charge is 2.10. The van der Waals surface area contributed by atoms with Crippen molar-refractivity contribution in [1.82, 2.24) is 15.1 Å². The summed E-state index contributed by atoms with van der Waals surface area (Å²) in [5, 5.41) is 25.3. The van der Waals surface area contributed by atoms with Gasteiger partial charge in [-0.1, -0.05) is 0 Å². The standard InChI is InChI=1S/C12H14N4O3/c13-8-6-15-16(7-8)4-3-14-12(19)10-2-1-9(17)5-11(10)18/h1-2,5-7,17-18H,3-4,13H2,(H,14,19). The molecule has 0 spiro atoms. The van der Waals surface area contributed by atoms with E-state index in [0.717, 1.165) is 6.07 Å². The fourth-order valence-electron chi connectivity index (χ4n) is 1.59. The number of hydrogen-bond acceptors (Lipinski definition) is 5. The Labute approximate surface area is 109 Å². The second kappa shape index (κ2) is 5.30. The second-order valence-corrected chi connectivity index (χ2v) is 3.99. The van der Waals surface area contributed by atoms with E-state index >= 15 is 0 Å². The molecule has 2 aromatic rings. The van der Waals surface area contributed by atoms with Gasteiger partial charge in [0, 0.05) is 18.8 Å². The summed E-state index contributed by atoms with van der Waals surface area (Å²) in [5.74, 6) is -0.778. The van der Waals surface area contributed by atoms with Crippen LogP contribution in [0.4, 0.5) is 5.69 Å². The molecule has 0 fully saturated rings. The number of aromatic nitrogens is 2. The maximum Gasteiger partial charge on any atom is 0.255 e. The molecule has 0 radical (unpaired) electrons. The molecule has 0 bridgehead atoms. The number of nitrogens with zero attached hydrogens (tertiary/aromatic N) is 2. The first-order chi connectivity index (χ1) is 9.06. The Hall–Kier alpha value is -2.70. The van der Waals surface area contributed by atoms with Crippen LogP contribution in [-0.4, -0.2) is 32.4 Å². The number of hydrogen-bond donors (Lipinski definition) is 4. The number of nitrogen functional groups attached to an aromatic ring is 1. The van der Waals surface area contributed by atoms with Crippen LogP contribution in [0, 0.1) is 0 Å². The van der Waals surface area contributed by atoms with Gasteiger partial charge in [-0.2, -0.15) is 5.10 Å². The van der Waals surface area contributed by atoms with E-state index in [-0.39, 0.29) is 17.1 Å². The lowest BCUT2D eigenvalue weighted by Gasteiger charge is -2.07. The molecule has 0 atom stereocenters. The fraction of sp³-hybridized carbons (Fsp3) is 0.167. The number of phenols is 2. The number of amides is 1. The van der Waals surface area contributed by atoms with Gasteiger partial charge in [-0.15, -0.1) is 0 Å². The maximum absolute atomic E-state index is 11.8. The minimum Gasteiger partial charge on any atom is -0.508 e. The number of anilines is 1. The van der Waals surface area contributed by atoms with Gasteiger partial charge < -0.3 is 21.3 Å². The smallest absolute Gasteiger partial charge is 0.255 e. The third kappa shape index (κ3) is 3.15. The summed E-state index contributed by atoms with van der Waals surface area (Å²) in [6.07, 6.45) is 3.18. The molecule has 19 heavy (non-hydrogen) atoms. The molecule has 0 aliphatic carbocycles. The van der Waals surface area contributed by atoms with Crippen molar-refractivity contribution in [3.05, 3.63) is 36.2 Å². The van der Waals surface area contributed by atoms with Gasteiger partial charge in [0.05, 0.1) is 24.0 Å². The number of carbonyl (C=O) groups is 1. The Morgan fingerprint density at radius 3 is 2.84 bits per heavy atom. The fourth-order valence-corrected chi connectivity index (χ4v) is 1.59. The minimum absolute atomic E-state index is 0.0962. The molecule has 0 unspecified atom stereocenters. The lowest BCUT2D eigenvalue weighted by molar-refractivity contribution is 0.0949. The predicted molar refractivity (Wildman–Crippen MR) is 68.7 cm³/mol. The number of aromatic hydroxyl groups is 2. The summed E-state index contributed by atoms with van der Waals surface area (Å²) in [7, 11) is 0. The number of benzene rings is 1. The quantitative estimate of drug-likeness (QED) is 0.633. The van der Waals surface area contributed by atoms with E-state index in [4.69, 9.17) is 10.8 Å². The average Bonchev–Trinajstić information content (AvgIpc) is 2.75. The van der Waals surface area contributed by atoms with Gasteiger partial charge in [0.1, 0.15) is 11.5 Å². The van der Waals surface area contributed by atoms with Gasteiger partial charge in [-0.3, -0.25) is 9.48 Å². The number of rotatable bonds is 4. The summed E-state index contributed by atoms with van der Waals surface area (Å²) in [6.45, 7) is 0.821. The molecule has 1 heterocycles. The Kier molecular flexibility index (Phi) is 3.56. The van der Waals surface area contributed by atoms with Gasteiger partial charge in [0.2, 0.25) is 0 Å². The Balaban J connectivity index is 1.90. The van der Waals surface area contributed by atoms with Crippen molar-refractivity contribution >= 4 is 11.6 Å². The molecule has 0 saturated heterocycles. The number of phenolic OH excluding ortho intramolecular Hbond substituents is 2. The topological polar surface area (TPSA) is 113 Å². The van der Waals surface area contributed by atoms with Crippen LogP contribution in [0.5, 0.6) is 11.5 Å². The van der Waals surface area contributed by atoms with Crippen LogP contribution in [0.3, 0.4) is 0 Å². The van der Waals surface area contributed by atoms with Crippen molar-refractivity contribution in [2.24, 2.45) is 0 Å². The van der Waals surface area contributed by atoms with Gasteiger partial charge in [-0.05, 0) is 12.1 Å². The van der Waals surface area contributed by atoms with E-state index in [0.29, 0.717) is 18.8 Å². The van der Waals surface area contributed by atoms with Gasteiger partial charge in [-0.25, -0.2) is 0 Å². The van der Waals surface area contributed by atoms with Crippen molar-refractivity contribution in [2.75, 3.05) is 12.3 Å². The molecule has 7 nitrogen and oxygen atoms in total. The monoisotopic (exact) mass is 262 g/mol.